The molecule has 2 aromatic rings. The average Bonchev–Trinajstić information content (AvgIpc) is 2.94. The molecule has 0 bridgehead atoms. The van der Waals surface area contributed by atoms with Crippen molar-refractivity contribution >= 4 is 29.5 Å². The fraction of sp³-hybridized carbons (Fsp3) is 0.238. The van der Waals surface area contributed by atoms with E-state index >= 15 is 0 Å². The van der Waals surface area contributed by atoms with Gasteiger partial charge in [-0.1, -0.05) is 23.7 Å². The van der Waals surface area contributed by atoms with Crippen LogP contribution in [0.4, 0.5) is 9.18 Å². The van der Waals surface area contributed by atoms with Crippen molar-refractivity contribution in [3.63, 3.8) is 0 Å². The summed E-state index contributed by atoms with van der Waals surface area (Å²) in [5, 5.41) is 11.5. The second-order valence-corrected chi connectivity index (χ2v) is 7.16. The molecule has 1 aliphatic rings. The molecule has 31 heavy (non-hydrogen) atoms. The summed E-state index contributed by atoms with van der Waals surface area (Å²) < 4.78 is 23.8. The first kappa shape index (κ1) is 22.1. The molecule has 0 radical (unpaired) electrons. The van der Waals surface area contributed by atoms with E-state index in [9.17, 15) is 18.8 Å². The van der Waals surface area contributed by atoms with E-state index in [1.807, 2.05) is 6.07 Å². The molecule has 3 rings (SSSR count). The number of rotatable bonds is 6. The standard InChI is InChI=1S/C21H17ClFN3O5/c1-3-30-16-9-12(10-24)8-15(22)18(16)31-17(27)11-26-19(28)21(2,25-20(26)29)13-4-6-14(23)7-5-13/h4-9H,3,11H2,1-2H3,(H,25,29). The Balaban J connectivity index is 1.80. The second-order valence-electron chi connectivity index (χ2n) is 6.76. The third-order valence-electron chi connectivity index (χ3n) is 4.64. The SMILES string of the molecule is CCOc1cc(C#N)cc(Cl)c1OC(=O)CN1C(=O)NC(C)(c2ccc(F)cc2)C1=O. The van der Waals surface area contributed by atoms with Gasteiger partial charge in [0.25, 0.3) is 5.91 Å². The van der Waals surface area contributed by atoms with Gasteiger partial charge in [-0.2, -0.15) is 5.26 Å². The number of nitrogens with zero attached hydrogens (tertiary/aromatic N) is 2. The summed E-state index contributed by atoms with van der Waals surface area (Å²) >= 11 is 6.11. The van der Waals surface area contributed by atoms with Gasteiger partial charge in [0.1, 0.15) is 17.9 Å². The number of nitrogens with one attached hydrogen (secondary N) is 1. The van der Waals surface area contributed by atoms with E-state index < -0.39 is 35.8 Å². The zero-order valence-electron chi connectivity index (χ0n) is 16.6. The van der Waals surface area contributed by atoms with Crippen LogP contribution in [0.25, 0.3) is 0 Å². The van der Waals surface area contributed by atoms with Crippen LogP contribution in [-0.2, 0) is 15.1 Å². The van der Waals surface area contributed by atoms with E-state index in [-0.39, 0.29) is 28.7 Å². The molecule has 0 aliphatic carbocycles. The Kier molecular flexibility index (Phi) is 6.13. The number of carbonyl (C=O) groups excluding carboxylic acids is 3. The van der Waals surface area contributed by atoms with Crippen molar-refractivity contribution in [3.8, 4) is 17.6 Å². The van der Waals surface area contributed by atoms with Gasteiger partial charge in [-0.25, -0.2) is 14.0 Å². The average molecular weight is 446 g/mol. The molecule has 1 saturated heterocycles. The number of urea groups is 1. The first-order chi connectivity index (χ1) is 14.7. The number of benzene rings is 2. The minimum absolute atomic E-state index is 0.0378. The van der Waals surface area contributed by atoms with Crippen LogP contribution in [-0.4, -0.2) is 36.0 Å². The van der Waals surface area contributed by atoms with Gasteiger partial charge in [-0.15, -0.1) is 0 Å². The maximum atomic E-state index is 13.2. The topological polar surface area (TPSA) is 109 Å². The van der Waals surface area contributed by atoms with Gasteiger partial charge in [-0.05, 0) is 37.6 Å². The highest BCUT2D eigenvalue weighted by Crippen LogP contribution is 2.37. The summed E-state index contributed by atoms with van der Waals surface area (Å²) in [5.41, 5.74) is -0.900. The zero-order chi connectivity index (χ0) is 22.8. The number of esters is 1. The largest absolute Gasteiger partial charge is 0.490 e. The Bertz CT molecular complexity index is 1100. The van der Waals surface area contributed by atoms with Gasteiger partial charge >= 0.3 is 12.0 Å². The molecule has 10 heteroatoms. The van der Waals surface area contributed by atoms with Crippen molar-refractivity contribution in [2.75, 3.05) is 13.2 Å². The molecular weight excluding hydrogens is 429 g/mol. The van der Waals surface area contributed by atoms with Gasteiger partial charge in [0, 0.05) is 6.07 Å². The van der Waals surface area contributed by atoms with Crippen molar-refractivity contribution < 1.29 is 28.2 Å². The molecule has 1 fully saturated rings. The Hall–Kier alpha value is -3.64. The number of imide groups is 1. The molecule has 0 aromatic heterocycles. The predicted octanol–water partition coefficient (Wildman–Crippen LogP) is 3.12. The highest BCUT2D eigenvalue weighted by Gasteiger charge is 2.49. The molecule has 1 atom stereocenters. The van der Waals surface area contributed by atoms with Gasteiger partial charge in [0.15, 0.2) is 11.5 Å². The summed E-state index contributed by atoms with van der Waals surface area (Å²) in [6, 6.07) is 8.85. The smallest absolute Gasteiger partial charge is 0.331 e. The maximum Gasteiger partial charge on any atom is 0.331 e. The first-order valence-electron chi connectivity index (χ1n) is 9.17. The van der Waals surface area contributed by atoms with Crippen molar-refractivity contribution in [1.29, 1.82) is 5.26 Å². The Morgan fingerprint density at radius 2 is 1.97 bits per heavy atom. The fourth-order valence-electron chi connectivity index (χ4n) is 3.09. The van der Waals surface area contributed by atoms with Crippen molar-refractivity contribution in [2.45, 2.75) is 19.4 Å². The van der Waals surface area contributed by atoms with Gasteiger partial charge in [0.05, 0.1) is 23.3 Å². The van der Waals surface area contributed by atoms with Gasteiger partial charge in [0.2, 0.25) is 0 Å². The molecule has 0 saturated carbocycles. The minimum Gasteiger partial charge on any atom is -0.490 e. The van der Waals surface area contributed by atoms with Crippen LogP contribution in [0.2, 0.25) is 5.02 Å². The third kappa shape index (κ3) is 4.29. The number of ether oxygens (including phenoxy) is 2. The van der Waals surface area contributed by atoms with Crippen molar-refractivity contribution in [1.82, 2.24) is 10.2 Å². The van der Waals surface area contributed by atoms with Crippen LogP contribution in [0.3, 0.4) is 0 Å². The Labute approximate surface area is 182 Å². The minimum atomic E-state index is -1.46. The predicted molar refractivity (Wildman–Crippen MR) is 107 cm³/mol. The zero-order valence-corrected chi connectivity index (χ0v) is 17.3. The molecule has 3 amide bonds. The highest BCUT2D eigenvalue weighted by molar-refractivity contribution is 6.32. The molecule has 2 aromatic carbocycles. The van der Waals surface area contributed by atoms with Gasteiger partial charge in [-0.3, -0.25) is 9.69 Å². The number of hydrogen-bond acceptors (Lipinski definition) is 6. The normalized spacial score (nSPS) is 17.8. The van der Waals surface area contributed by atoms with E-state index in [1.54, 1.807) is 6.92 Å². The number of amides is 3. The van der Waals surface area contributed by atoms with Crippen LogP contribution < -0.4 is 14.8 Å². The molecule has 1 N–H and O–H groups in total. The third-order valence-corrected chi connectivity index (χ3v) is 4.92. The first-order valence-corrected chi connectivity index (χ1v) is 9.54. The summed E-state index contributed by atoms with van der Waals surface area (Å²) in [6.07, 6.45) is 0. The lowest BCUT2D eigenvalue weighted by Gasteiger charge is -2.22. The van der Waals surface area contributed by atoms with E-state index in [1.165, 1.54) is 43.3 Å². The molecule has 0 spiro atoms. The molecule has 1 heterocycles. The number of nitriles is 1. The monoisotopic (exact) mass is 445 g/mol. The maximum absolute atomic E-state index is 13.2. The Morgan fingerprint density at radius 3 is 2.58 bits per heavy atom. The van der Waals surface area contributed by atoms with Crippen molar-refractivity contribution in [2.24, 2.45) is 0 Å². The fourth-order valence-corrected chi connectivity index (χ4v) is 3.34. The van der Waals surface area contributed by atoms with Crippen LogP contribution in [0.1, 0.15) is 25.0 Å². The van der Waals surface area contributed by atoms with Crippen LogP contribution >= 0.6 is 11.6 Å². The summed E-state index contributed by atoms with van der Waals surface area (Å²) in [5.74, 6) is -2.18. The van der Waals surface area contributed by atoms with E-state index in [0.717, 1.165) is 0 Å². The lowest BCUT2D eigenvalue weighted by atomic mass is 9.92. The number of hydrogen-bond donors (Lipinski definition) is 1. The van der Waals surface area contributed by atoms with E-state index in [0.29, 0.717) is 10.5 Å². The van der Waals surface area contributed by atoms with Crippen LogP contribution in [0.15, 0.2) is 36.4 Å². The summed E-state index contributed by atoms with van der Waals surface area (Å²) in [7, 11) is 0. The molecule has 1 aliphatic heterocycles. The quantitative estimate of drug-likeness (QED) is 0.415. The number of carbonyl (C=O) groups is 3. The van der Waals surface area contributed by atoms with Crippen LogP contribution in [0, 0.1) is 17.1 Å². The summed E-state index contributed by atoms with van der Waals surface area (Å²) in [4.78, 5) is 38.4. The van der Waals surface area contributed by atoms with Crippen LogP contribution in [0.5, 0.6) is 11.5 Å². The lowest BCUT2D eigenvalue weighted by Crippen LogP contribution is -2.42. The molecule has 8 nitrogen and oxygen atoms in total. The molecule has 160 valence electrons. The lowest BCUT2D eigenvalue weighted by molar-refractivity contribution is -0.141. The number of halogens is 2. The van der Waals surface area contributed by atoms with Gasteiger partial charge < -0.3 is 14.8 Å². The molecule has 1 unspecified atom stereocenters. The van der Waals surface area contributed by atoms with Crippen molar-refractivity contribution in [3.05, 3.63) is 58.4 Å². The Morgan fingerprint density at radius 1 is 1.29 bits per heavy atom. The summed E-state index contributed by atoms with van der Waals surface area (Å²) in [6.45, 7) is 2.68. The second kappa shape index (κ2) is 8.62. The highest BCUT2D eigenvalue weighted by atomic mass is 35.5. The molecular formula is C21H17ClFN3O5. The van der Waals surface area contributed by atoms with E-state index in [4.69, 9.17) is 26.3 Å². The van der Waals surface area contributed by atoms with E-state index in [2.05, 4.69) is 5.32 Å².